The summed E-state index contributed by atoms with van der Waals surface area (Å²) >= 11 is 0. The van der Waals surface area contributed by atoms with Crippen LogP contribution >= 0.6 is 0 Å². The maximum absolute atomic E-state index is 11.5. The first-order valence-electron chi connectivity index (χ1n) is 8.91. The van der Waals surface area contributed by atoms with Crippen molar-refractivity contribution in [3.05, 3.63) is 35.5 Å². The Balaban J connectivity index is 2.30. The van der Waals surface area contributed by atoms with E-state index in [1.165, 1.54) is 6.07 Å². The summed E-state index contributed by atoms with van der Waals surface area (Å²) < 4.78 is 32.4. The first-order chi connectivity index (χ1) is 12.1. The molecule has 0 saturated carbocycles. The standard InChI is InChI=1S/C19H27NO5S/c1-4-8-17-19(2,3)15-13-14(26(23,24)25)10-11-16(15)20(17)12-7-5-6-9-18(21)22/h8,10-11,13H,4-7,9,12H2,1-3H3,(H,21,22)(H,23,24,25)/b17-8+. The van der Waals surface area contributed by atoms with Gasteiger partial charge in [0.05, 0.1) is 4.90 Å². The van der Waals surface area contributed by atoms with Crippen molar-refractivity contribution in [2.45, 2.75) is 63.2 Å². The van der Waals surface area contributed by atoms with Gasteiger partial charge in [0.15, 0.2) is 0 Å². The number of allylic oxidation sites excluding steroid dienone is 2. The molecule has 0 aromatic heterocycles. The molecule has 0 fully saturated rings. The van der Waals surface area contributed by atoms with Crippen molar-refractivity contribution < 1.29 is 22.9 Å². The van der Waals surface area contributed by atoms with E-state index in [-0.39, 0.29) is 16.7 Å². The zero-order valence-electron chi connectivity index (χ0n) is 15.5. The van der Waals surface area contributed by atoms with E-state index >= 15 is 0 Å². The average molecular weight is 381 g/mol. The second kappa shape index (κ2) is 7.80. The summed E-state index contributed by atoms with van der Waals surface area (Å²) in [5.74, 6) is -0.776. The van der Waals surface area contributed by atoms with Gasteiger partial charge in [0.2, 0.25) is 0 Å². The van der Waals surface area contributed by atoms with Gasteiger partial charge in [-0.2, -0.15) is 8.42 Å². The fourth-order valence-corrected chi connectivity index (χ4v) is 4.05. The molecule has 0 saturated heterocycles. The minimum atomic E-state index is -4.25. The summed E-state index contributed by atoms with van der Waals surface area (Å²) in [6, 6.07) is 4.73. The van der Waals surface area contributed by atoms with Gasteiger partial charge < -0.3 is 10.0 Å². The molecule has 26 heavy (non-hydrogen) atoms. The normalized spacial score (nSPS) is 17.5. The number of carboxylic acid groups (broad SMARTS) is 1. The quantitative estimate of drug-likeness (QED) is 0.523. The molecule has 1 aromatic rings. The number of carboxylic acids is 1. The SMILES string of the molecule is CC/C=C1/N(CCCCCC(=O)O)c2ccc(S(=O)(=O)O)cc2C1(C)C. The lowest BCUT2D eigenvalue weighted by molar-refractivity contribution is -0.137. The highest BCUT2D eigenvalue weighted by Crippen LogP contribution is 2.48. The molecule has 0 bridgehead atoms. The summed E-state index contributed by atoms with van der Waals surface area (Å²) in [5, 5.41) is 8.74. The molecular formula is C19H27NO5S. The Hall–Kier alpha value is -1.86. The highest BCUT2D eigenvalue weighted by Gasteiger charge is 2.40. The van der Waals surface area contributed by atoms with Gasteiger partial charge in [-0.25, -0.2) is 0 Å². The van der Waals surface area contributed by atoms with Crippen LogP contribution < -0.4 is 4.90 Å². The van der Waals surface area contributed by atoms with E-state index in [4.69, 9.17) is 5.11 Å². The second-order valence-electron chi connectivity index (χ2n) is 7.13. The first kappa shape index (κ1) is 20.5. The summed E-state index contributed by atoms with van der Waals surface area (Å²) in [7, 11) is -4.25. The molecule has 1 heterocycles. The molecule has 7 heteroatoms. The van der Waals surface area contributed by atoms with Crippen LogP contribution in [0, 0.1) is 0 Å². The van der Waals surface area contributed by atoms with E-state index in [0.717, 1.165) is 42.8 Å². The highest BCUT2D eigenvalue weighted by molar-refractivity contribution is 7.85. The number of hydrogen-bond donors (Lipinski definition) is 2. The van der Waals surface area contributed by atoms with Crippen LogP contribution in [0.1, 0.15) is 58.4 Å². The number of nitrogens with zero attached hydrogens (tertiary/aromatic N) is 1. The van der Waals surface area contributed by atoms with Gasteiger partial charge in [0, 0.05) is 29.8 Å². The van der Waals surface area contributed by atoms with Crippen LogP contribution in [0.15, 0.2) is 34.9 Å². The van der Waals surface area contributed by atoms with Gasteiger partial charge in [-0.05, 0) is 43.0 Å². The number of carbonyl (C=O) groups is 1. The molecule has 1 aromatic carbocycles. The van der Waals surface area contributed by atoms with Gasteiger partial charge >= 0.3 is 5.97 Å². The topological polar surface area (TPSA) is 94.9 Å². The van der Waals surface area contributed by atoms with E-state index in [2.05, 4.69) is 17.9 Å². The molecule has 6 nitrogen and oxygen atoms in total. The van der Waals surface area contributed by atoms with E-state index in [1.807, 2.05) is 13.8 Å². The lowest BCUT2D eigenvalue weighted by Gasteiger charge is -2.27. The molecule has 0 amide bonds. The van der Waals surface area contributed by atoms with E-state index < -0.39 is 16.1 Å². The van der Waals surface area contributed by atoms with Gasteiger partial charge in [-0.3, -0.25) is 9.35 Å². The molecule has 0 atom stereocenters. The summed E-state index contributed by atoms with van der Waals surface area (Å²) in [6.45, 7) is 6.89. The molecule has 1 aliphatic rings. The van der Waals surface area contributed by atoms with Crippen molar-refractivity contribution in [2.24, 2.45) is 0 Å². The average Bonchev–Trinajstić information content (AvgIpc) is 2.74. The molecular weight excluding hydrogens is 354 g/mol. The number of rotatable bonds is 8. The molecule has 0 radical (unpaired) electrons. The zero-order chi connectivity index (χ0) is 19.5. The number of unbranched alkanes of at least 4 members (excludes halogenated alkanes) is 2. The minimum absolute atomic E-state index is 0.0940. The van der Waals surface area contributed by atoms with E-state index in [0.29, 0.717) is 6.42 Å². The van der Waals surface area contributed by atoms with Crippen molar-refractivity contribution in [1.82, 2.24) is 0 Å². The maximum atomic E-state index is 11.5. The Labute approximate surface area is 155 Å². The number of aliphatic carboxylic acids is 1. The van der Waals surface area contributed by atoms with Crippen molar-refractivity contribution in [3.63, 3.8) is 0 Å². The number of hydrogen-bond acceptors (Lipinski definition) is 4. The first-order valence-corrected chi connectivity index (χ1v) is 10.3. The molecule has 2 rings (SSSR count). The molecule has 0 aliphatic carbocycles. The van der Waals surface area contributed by atoms with Crippen molar-refractivity contribution in [3.8, 4) is 0 Å². The Morgan fingerprint density at radius 1 is 1.23 bits per heavy atom. The van der Waals surface area contributed by atoms with Gasteiger partial charge in [-0.15, -0.1) is 0 Å². The predicted octanol–water partition coefficient (Wildman–Crippen LogP) is 3.97. The lowest BCUT2D eigenvalue weighted by atomic mass is 9.83. The van der Waals surface area contributed by atoms with E-state index in [9.17, 15) is 17.8 Å². The van der Waals surface area contributed by atoms with Crippen molar-refractivity contribution in [2.75, 3.05) is 11.4 Å². The lowest BCUT2D eigenvalue weighted by Crippen LogP contribution is -2.27. The Kier molecular flexibility index (Phi) is 6.13. The molecule has 0 unspecified atom stereocenters. The number of benzene rings is 1. The molecule has 0 spiro atoms. The van der Waals surface area contributed by atoms with Crippen molar-refractivity contribution in [1.29, 1.82) is 0 Å². The van der Waals surface area contributed by atoms with Crippen LogP contribution in [0.3, 0.4) is 0 Å². The zero-order valence-corrected chi connectivity index (χ0v) is 16.3. The van der Waals surface area contributed by atoms with Gasteiger partial charge in [0.1, 0.15) is 0 Å². The smallest absolute Gasteiger partial charge is 0.303 e. The van der Waals surface area contributed by atoms with Crippen molar-refractivity contribution >= 4 is 21.8 Å². The fraction of sp³-hybridized carbons (Fsp3) is 0.526. The van der Waals surface area contributed by atoms with Crippen LogP contribution in [-0.2, 0) is 20.3 Å². The molecule has 144 valence electrons. The minimum Gasteiger partial charge on any atom is -0.481 e. The summed E-state index contributed by atoms with van der Waals surface area (Å²) in [6.07, 6.45) is 5.49. The van der Waals surface area contributed by atoms with Gasteiger partial charge in [-0.1, -0.05) is 33.3 Å². The highest BCUT2D eigenvalue weighted by atomic mass is 32.2. The molecule has 1 aliphatic heterocycles. The Bertz CT molecular complexity index is 811. The van der Waals surface area contributed by atoms with Crippen LogP contribution in [-0.4, -0.2) is 30.6 Å². The maximum Gasteiger partial charge on any atom is 0.303 e. The molecule has 2 N–H and O–H groups in total. The predicted molar refractivity (Wildman–Crippen MR) is 101 cm³/mol. The van der Waals surface area contributed by atoms with Crippen LogP contribution in [0.5, 0.6) is 0 Å². The third kappa shape index (κ3) is 4.27. The summed E-state index contributed by atoms with van der Waals surface area (Å²) in [5.41, 5.74) is 2.56. The number of anilines is 1. The fourth-order valence-electron chi connectivity index (χ4n) is 3.54. The largest absolute Gasteiger partial charge is 0.481 e. The number of fused-ring (bicyclic) bond motifs is 1. The second-order valence-corrected chi connectivity index (χ2v) is 8.55. The van der Waals surface area contributed by atoms with Crippen LogP contribution in [0.2, 0.25) is 0 Å². The van der Waals surface area contributed by atoms with Crippen LogP contribution in [0.4, 0.5) is 5.69 Å². The third-order valence-corrected chi connectivity index (χ3v) is 5.68. The monoisotopic (exact) mass is 381 g/mol. The summed E-state index contributed by atoms with van der Waals surface area (Å²) in [4.78, 5) is 12.7. The third-order valence-electron chi connectivity index (χ3n) is 4.83. The Morgan fingerprint density at radius 2 is 1.92 bits per heavy atom. The van der Waals surface area contributed by atoms with Crippen LogP contribution in [0.25, 0.3) is 0 Å². The Morgan fingerprint density at radius 3 is 2.50 bits per heavy atom. The van der Waals surface area contributed by atoms with Gasteiger partial charge in [0.25, 0.3) is 10.1 Å². The van der Waals surface area contributed by atoms with E-state index in [1.54, 1.807) is 12.1 Å².